The third-order valence-electron chi connectivity index (χ3n) is 3.83. The molecule has 3 rings (SSSR count). The Kier molecular flexibility index (Phi) is 2.56. The number of hydrogen-bond donors (Lipinski definition) is 3. The van der Waals surface area contributed by atoms with Gasteiger partial charge in [0.25, 0.3) is 0 Å². The van der Waals surface area contributed by atoms with Crippen molar-refractivity contribution in [1.29, 1.82) is 0 Å². The zero-order valence-corrected chi connectivity index (χ0v) is 9.87. The highest BCUT2D eigenvalue weighted by Gasteiger charge is 2.24. The van der Waals surface area contributed by atoms with E-state index in [1.54, 1.807) is 6.07 Å². The lowest BCUT2D eigenvalue weighted by Gasteiger charge is -2.25. The number of hydrogen-bond acceptors (Lipinski definition) is 2. The van der Waals surface area contributed by atoms with Crippen LogP contribution in [0.2, 0.25) is 0 Å². The smallest absolute Gasteiger partial charge is 0.116 e. The van der Waals surface area contributed by atoms with E-state index in [0.29, 0.717) is 18.2 Å². The Labute approximate surface area is 101 Å². The van der Waals surface area contributed by atoms with Crippen molar-refractivity contribution >= 4 is 10.9 Å². The summed E-state index contributed by atoms with van der Waals surface area (Å²) in [6, 6.07) is 5.53. The molecule has 1 saturated carbocycles. The maximum Gasteiger partial charge on any atom is 0.116 e. The second kappa shape index (κ2) is 4.08. The molecule has 0 saturated heterocycles. The van der Waals surface area contributed by atoms with Crippen molar-refractivity contribution in [3.63, 3.8) is 0 Å². The molecule has 0 amide bonds. The van der Waals surface area contributed by atoms with Crippen LogP contribution in [0.15, 0.2) is 18.2 Å². The van der Waals surface area contributed by atoms with Gasteiger partial charge in [0, 0.05) is 16.6 Å². The van der Waals surface area contributed by atoms with Gasteiger partial charge in [-0.2, -0.15) is 0 Å². The van der Waals surface area contributed by atoms with E-state index in [4.69, 9.17) is 5.73 Å². The Balaban J connectivity index is 2.15. The molecule has 0 unspecified atom stereocenters. The van der Waals surface area contributed by atoms with E-state index in [2.05, 4.69) is 4.98 Å². The second-order valence-corrected chi connectivity index (χ2v) is 4.91. The Bertz CT molecular complexity index is 540. The summed E-state index contributed by atoms with van der Waals surface area (Å²) in [7, 11) is 0. The zero-order chi connectivity index (χ0) is 11.8. The predicted octanol–water partition coefficient (Wildman–Crippen LogP) is 2.64. The molecule has 0 bridgehead atoms. The van der Waals surface area contributed by atoms with Crippen LogP contribution in [0.1, 0.15) is 36.4 Å². The summed E-state index contributed by atoms with van der Waals surface area (Å²) in [5.74, 6) is 1.00. The number of benzene rings is 1. The van der Waals surface area contributed by atoms with Gasteiger partial charge in [-0.3, -0.25) is 0 Å². The van der Waals surface area contributed by atoms with Gasteiger partial charge in [-0.1, -0.05) is 6.42 Å². The summed E-state index contributed by atoms with van der Waals surface area (Å²) < 4.78 is 0. The van der Waals surface area contributed by atoms with Crippen LogP contribution < -0.4 is 5.73 Å². The van der Waals surface area contributed by atoms with Crippen molar-refractivity contribution in [1.82, 2.24) is 4.98 Å². The number of aromatic hydroxyl groups is 1. The van der Waals surface area contributed by atoms with Crippen molar-refractivity contribution in [3.05, 3.63) is 29.5 Å². The van der Waals surface area contributed by atoms with Gasteiger partial charge in [0.2, 0.25) is 0 Å². The van der Waals surface area contributed by atoms with E-state index in [0.717, 1.165) is 17.3 Å². The van der Waals surface area contributed by atoms with Crippen LogP contribution in [-0.4, -0.2) is 16.6 Å². The van der Waals surface area contributed by atoms with Crippen molar-refractivity contribution < 1.29 is 5.11 Å². The molecule has 3 heteroatoms. The van der Waals surface area contributed by atoms with E-state index < -0.39 is 0 Å². The minimum absolute atomic E-state index is 0.329. The molecule has 0 aliphatic heterocycles. The lowest BCUT2D eigenvalue weighted by molar-refractivity contribution is 0.410. The van der Waals surface area contributed by atoms with Gasteiger partial charge in [-0.05, 0) is 55.5 Å². The third kappa shape index (κ3) is 1.71. The monoisotopic (exact) mass is 230 g/mol. The normalized spacial score (nSPS) is 16.3. The van der Waals surface area contributed by atoms with Crippen LogP contribution in [0.5, 0.6) is 5.75 Å². The molecule has 2 aromatic rings. The highest BCUT2D eigenvalue weighted by Crippen LogP contribution is 2.40. The summed E-state index contributed by atoms with van der Waals surface area (Å²) in [6.45, 7) is 0.655. The quantitative estimate of drug-likeness (QED) is 0.759. The number of phenols is 1. The number of aromatic amines is 1. The molecule has 1 aliphatic carbocycles. The fraction of sp³-hybridized carbons (Fsp3) is 0.429. The molecule has 1 aromatic heterocycles. The maximum absolute atomic E-state index is 9.60. The van der Waals surface area contributed by atoms with E-state index in [9.17, 15) is 5.11 Å². The molecule has 3 nitrogen and oxygen atoms in total. The van der Waals surface area contributed by atoms with Crippen molar-refractivity contribution in [2.24, 2.45) is 5.73 Å². The van der Waals surface area contributed by atoms with Crippen molar-refractivity contribution in [2.75, 3.05) is 6.54 Å². The minimum Gasteiger partial charge on any atom is -0.508 e. The van der Waals surface area contributed by atoms with Crippen LogP contribution in [0.4, 0.5) is 0 Å². The first kappa shape index (κ1) is 10.7. The van der Waals surface area contributed by atoms with Gasteiger partial charge in [0.1, 0.15) is 5.75 Å². The Morgan fingerprint density at radius 1 is 1.35 bits per heavy atom. The fourth-order valence-electron chi connectivity index (χ4n) is 2.72. The van der Waals surface area contributed by atoms with E-state index in [1.807, 2.05) is 12.1 Å². The standard InChI is InChI=1S/C14H18N2O/c15-7-6-11-12-8-10(17)4-5-13(12)16-14(11)9-2-1-3-9/h4-5,8-9,16-17H,1-3,6-7,15H2. The molecule has 1 aromatic carbocycles. The first-order valence-electron chi connectivity index (χ1n) is 6.33. The van der Waals surface area contributed by atoms with Crippen LogP contribution in [0, 0.1) is 0 Å². The molecule has 1 aliphatic rings. The molecule has 4 N–H and O–H groups in total. The highest BCUT2D eigenvalue weighted by atomic mass is 16.3. The molecule has 0 spiro atoms. The number of nitrogens with two attached hydrogens (primary N) is 1. The number of nitrogens with one attached hydrogen (secondary N) is 1. The average molecular weight is 230 g/mol. The van der Waals surface area contributed by atoms with Crippen LogP contribution in [0.25, 0.3) is 10.9 Å². The molecule has 90 valence electrons. The van der Waals surface area contributed by atoms with Crippen molar-refractivity contribution in [3.8, 4) is 5.75 Å². The first-order valence-corrected chi connectivity index (χ1v) is 6.33. The van der Waals surface area contributed by atoms with Gasteiger partial charge >= 0.3 is 0 Å². The van der Waals surface area contributed by atoms with Crippen LogP contribution in [-0.2, 0) is 6.42 Å². The molecule has 0 atom stereocenters. The molecule has 1 fully saturated rings. The Hall–Kier alpha value is -1.48. The van der Waals surface area contributed by atoms with E-state index in [1.165, 1.54) is 30.5 Å². The third-order valence-corrected chi connectivity index (χ3v) is 3.83. The maximum atomic E-state index is 9.60. The molecular formula is C14H18N2O. The minimum atomic E-state index is 0.329. The van der Waals surface area contributed by atoms with Gasteiger partial charge < -0.3 is 15.8 Å². The zero-order valence-electron chi connectivity index (χ0n) is 9.87. The average Bonchev–Trinajstić information content (AvgIpc) is 2.56. The Morgan fingerprint density at radius 2 is 2.18 bits per heavy atom. The fourth-order valence-corrected chi connectivity index (χ4v) is 2.72. The number of aromatic nitrogens is 1. The van der Waals surface area contributed by atoms with Gasteiger partial charge in [0.05, 0.1) is 0 Å². The van der Waals surface area contributed by atoms with Gasteiger partial charge in [-0.15, -0.1) is 0 Å². The lowest BCUT2D eigenvalue weighted by atomic mass is 9.81. The molecular weight excluding hydrogens is 212 g/mol. The van der Waals surface area contributed by atoms with Gasteiger partial charge in [-0.25, -0.2) is 0 Å². The first-order chi connectivity index (χ1) is 8.29. The van der Waals surface area contributed by atoms with E-state index >= 15 is 0 Å². The van der Waals surface area contributed by atoms with E-state index in [-0.39, 0.29) is 0 Å². The highest BCUT2D eigenvalue weighted by molar-refractivity contribution is 5.86. The largest absolute Gasteiger partial charge is 0.508 e. The number of fused-ring (bicyclic) bond motifs is 1. The Morgan fingerprint density at radius 3 is 2.82 bits per heavy atom. The van der Waals surface area contributed by atoms with Crippen LogP contribution in [0.3, 0.4) is 0 Å². The lowest BCUT2D eigenvalue weighted by Crippen LogP contribution is -2.13. The summed E-state index contributed by atoms with van der Waals surface area (Å²) in [5.41, 5.74) is 9.48. The number of H-pyrrole nitrogens is 1. The topological polar surface area (TPSA) is 62.0 Å². The van der Waals surface area contributed by atoms with Gasteiger partial charge in [0.15, 0.2) is 0 Å². The molecule has 0 radical (unpaired) electrons. The summed E-state index contributed by atoms with van der Waals surface area (Å²) in [6.07, 6.45) is 4.76. The number of phenolic OH excluding ortho intramolecular Hbond substituents is 1. The van der Waals surface area contributed by atoms with Crippen LogP contribution >= 0.6 is 0 Å². The summed E-state index contributed by atoms with van der Waals surface area (Å²) in [5, 5.41) is 10.7. The second-order valence-electron chi connectivity index (χ2n) is 4.91. The number of rotatable bonds is 3. The van der Waals surface area contributed by atoms with Crippen molar-refractivity contribution in [2.45, 2.75) is 31.6 Å². The summed E-state index contributed by atoms with van der Waals surface area (Å²) >= 11 is 0. The molecule has 17 heavy (non-hydrogen) atoms. The SMILES string of the molecule is NCCc1c(C2CCC2)[nH]c2ccc(O)cc12. The summed E-state index contributed by atoms with van der Waals surface area (Å²) in [4.78, 5) is 3.51. The molecule has 1 heterocycles. The predicted molar refractivity (Wildman–Crippen MR) is 69.3 cm³/mol.